The Bertz CT molecular complexity index is 1020. The third-order valence-electron chi connectivity index (χ3n) is 5.17. The van der Waals surface area contributed by atoms with Crippen LogP contribution in [0.5, 0.6) is 0 Å². The minimum atomic E-state index is -3.65. The van der Waals surface area contributed by atoms with Crippen molar-refractivity contribution >= 4 is 19.9 Å². The van der Waals surface area contributed by atoms with Crippen LogP contribution in [0.15, 0.2) is 58.3 Å². The van der Waals surface area contributed by atoms with Crippen molar-refractivity contribution in [2.24, 2.45) is 0 Å². The highest BCUT2D eigenvalue weighted by molar-refractivity contribution is 7.92. The van der Waals surface area contributed by atoms with E-state index in [0.29, 0.717) is 5.92 Å². The number of halogens is 1. The first-order valence-corrected chi connectivity index (χ1v) is 12.2. The molecule has 1 aliphatic rings. The van der Waals surface area contributed by atoms with Gasteiger partial charge < -0.3 is 0 Å². The van der Waals surface area contributed by atoms with Crippen LogP contribution in [0.2, 0.25) is 0 Å². The van der Waals surface area contributed by atoms with Crippen LogP contribution in [0.3, 0.4) is 0 Å². The van der Waals surface area contributed by atoms with E-state index < -0.39 is 30.9 Å². The molecule has 28 heavy (non-hydrogen) atoms. The SMILES string of the molecule is CC(C)c1ccc(S(=O)(=O)N2CCC(S(=O)(=O)c3ccc(F)cc3)CC2)cc1. The number of sulfone groups is 1. The van der Waals surface area contributed by atoms with E-state index in [1.807, 2.05) is 26.0 Å². The second-order valence-electron chi connectivity index (χ2n) is 7.33. The molecule has 0 bridgehead atoms. The average Bonchev–Trinajstić information content (AvgIpc) is 2.68. The Balaban J connectivity index is 1.73. The second-order valence-corrected chi connectivity index (χ2v) is 11.5. The number of rotatable bonds is 5. The first kappa shape index (κ1) is 21.0. The van der Waals surface area contributed by atoms with Crippen molar-refractivity contribution in [1.29, 1.82) is 0 Å². The summed E-state index contributed by atoms with van der Waals surface area (Å²) in [5.41, 5.74) is 1.06. The molecule has 0 atom stereocenters. The summed E-state index contributed by atoms with van der Waals surface area (Å²) in [7, 11) is -7.27. The standard InChI is InChI=1S/C20H24FNO4S2/c1-15(2)16-3-7-20(8-4-16)28(25,26)22-13-11-19(12-14-22)27(23,24)18-9-5-17(21)6-10-18/h3-10,15,19H,11-14H2,1-2H3. The van der Waals surface area contributed by atoms with Gasteiger partial charge in [-0.1, -0.05) is 26.0 Å². The maximum absolute atomic E-state index is 13.1. The van der Waals surface area contributed by atoms with E-state index in [-0.39, 0.29) is 35.7 Å². The van der Waals surface area contributed by atoms with Crippen LogP contribution in [0.25, 0.3) is 0 Å². The van der Waals surface area contributed by atoms with E-state index >= 15 is 0 Å². The van der Waals surface area contributed by atoms with Gasteiger partial charge in [0.2, 0.25) is 10.0 Å². The summed E-state index contributed by atoms with van der Waals surface area (Å²) in [6.07, 6.45) is 0.423. The predicted molar refractivity (Wildman–Crippen MR) is 106 cm³/mol. The molecule has 2 aromatic rings. The average molecular weight is 426 g/mol. The zero-order valence-electron chi connectivity index (χ0n) is 15.9. The van der Waals surface area contributed by atoms with Crippen molar-refractivity contribution < 1.29 is 21.2 Å². The molecule has 0 radical (unpaired) electrons. The van der Waals surface area contributed by atoms with Crippen LogP contribution in [0.4, 0.5) is 4.39 Å². The lowest BCUT2D eigenvalue weighted by atomic mass is 10.0. The van der Waals surface area contributed by atoms with Gasteiger partial charge in [-0.05, 0) is 60.7 Å². The van der Waals surface area contributed by atoms with Crippen LogP contribution in [0.1, 0.15) is 38.2 Å². The fourth-order valence-electron chi connectivity index (χ4n) is 3.37. The van der Waals surface area contributed by atoms with Crippen molar-refractivity contribution in [1.82, 2.24) is 4.31 Å². The quantitative estimate of drug-likeness (QED) is 0.687. The van der Waals surface area contributed by atoms with Gasteiger partial charge in [-0.25, -0.2) is 21.2 Å². The first-order chi connectivity index (χ1) is 13.1. The highest BCUT2D eigenvalue weighted by Gasteiger charge is 2.35. The number of hydrogen-bond donors (Lipinski definition) is 0. The van der Waals surface area contributed by atoms with Gasteiger partial charge in [0.25, 0.3) is 0 Å². The topological polar surface area (TPSA) is 71.5 Å². The van der Waals surface area contributed by atoms with Crippen LogP contribution < -0.4 is 0 Å². The smallest absolute Gasteiger partial charge is 0.223 e. The fourth-order valence-corrected chi connectivity index (χ4v) is 6.57. The molecule has 0 aromatic heterocycles. The van der Waals surface area contributed by atoms with Gasteiger partial charge in [0.15, 0.2) is 9.84 Å². The molecule has 0 spiro atoms. The van der Waals surface area contributed by atoms with Crippen molar-refractivity contribution in [3.8, 4) is 0 Å². The predicted octanol–water partition coefficient (Wildman–Crippen LogP) is 3.58. The zero-order valence-corrected chi connectivity index (χ0v) is 17.5. The Labute approximate surface area is 166 Å². The number of nitrogens with zero attached hydrogens (tertiary/aromatic N) is 1. The summed E-state index contributed by atoms with van der Waals surface area (Å²) in [5, 5.41) is -0.673. The highest BCUT2D eigenvalue weighted by Crippen LogP contribution is 2.28. The largest absolute Gasteiger partial charge is 0.243 e. The molecule has 0 N–H and O–H groups in total. The highest BCUT2D eigenvalue weighted by atomic mass is 32.2. The molecular weight excluding hydrogens is 401 g/mol. The molecule has 152 valence electrons. The monoisotopic (exact) mass is 425 g/mol. The minimum Gasteiger partial charge on any atom is -0.223 e. The Morgan fingerprint density at radius 1 is 0.857 bits per heavy atom. The molecule has 0 unspecified atom stereocenters. The molecule has 1 heterocycles. The Morgan fingerprint density at radius 2 is 1.36 bits per heavy atom. The first-order valence-electron chi connectivity index (χ1n) is 9.22. The van der Waals surface area contributed by atoms with Crippen molar-refractivity contribution in [2.45, 2.75) is 47.6 Å². The maximum atomic E-state index is 13.1. The zero-order chi connectivity index (χ0) is 20.5. The molecule has 1 aliphatic heterocycles. The van der Waals surface area contributed by atoms with E-state index in [2.05, 4.69) is 0 Å². The van der Waals surface area contributed by atoms with Crippen LogP contribution in [-0.2, 0) is 19.9 Å². The van der Waals surface area contributed by atoms with Gasteiger partial charge >= 0.3 is 0 Å². The molecular formula is C20H24FNO4S2. The Hall–Kier alpha value is -1.77. The van der Waals surface area contributed by atoms with Crippen molar-refractivity contribution in [3.05, 3.63) is 59.9 Å². The van der Waals surface area contributed by atoms with Gasteiger partial charge in [-0.3, -0.25) is 0 Å². The summed E-state index contributed by atoms with van der Waals surface area (Å²) in [5.74, 6) is -0.187. The second kappa shape index (κ2) is 7.93. The lowest BCUT2D eigenvalue weighted by molar-refractivity contribution is 0.345. The van der Waals surface area contributed by atoms with E-state index in [1.54, 1.807) is 12.1 Å². The van der Waals surface area contributed by atoms with Crippen LogP contribution in [-0.4, -0.2) is 39.5 Å². The van der Waals surface area contributed by atoms with Crippen LogP contribution in [0, 0.1) is 5.82 Å². The third-order valence-corrected chi connectivity index (χ3v) is 9.36. The fraction of sp³-hybridized carbons (Fsp3) is 0.400. The Kier molecular flexibility index (Phi) is 5.93. The van der Waals surface area contributed by atoms with E-state index in [9.17, 15) is 21.2 Å². The normalized spacial score (nSPS) is 17.1. The molecule has 2 aromatic carbocycles. The lowest BCUT2D eigenvalue weighted by Crippen LogP contribution is -2.42. The van der Waals surface area contributed by atoms with E-state index in [1.165, 1.54) is 16.4 Å². The number of benzene rings is 2. The van der Waals surface area contributed by atoms with Gasteiger partial charge in [0, 0.05) is 13.1 Å². The minimum absolute atomic E-state index is 0.0690. The van der Waals surface area contributed by atoms with Crippen molar-refractivity contribution in [2.75, 3.05) is 13.1 Å². The lowest BCUT2D eigenvalue weighted by Gasteiger charge is -2.31. The summed E-state index contributed by atoms with van der Waals surface area (Å²) in [4.78, 5) is 0.288. The molecule has 3 rings (SSSR count). The van der Waals surface area contributed by atoms with Gasteiger partial charge in [-0.2, -0.15) is 4.31 Å². The van der Waals surface area contributed by atoms with Gasteiger partial charge in [0.1, 0.15) is 5.82 Å². The summed E-state index contributed by atoms with van der Waals surface area (Å²) in [6.45, 7) is 4.35. The van der Waals surface area contributed by atoms with Crippen molar-refractivity contribution in [3.63, 3.8) is 0 Å². The number of hydrogen-bond acceptors (Lipinski definition) is 4. The molecule has 1 fully saturated rings. The molecule has 8 heteroatoms. The van der Waals surface area contributed by atoms with E-state index in [0.717, 1.165) is 17.7 Å². The summed E-state index contributed by atoms with van der Waals surface area (Å²) in [6, 6.07) is 11.6. The Morgan fingerprint density at radius 3 is 1.86 bits per heavy atom. The molecule has 5 nitrogen and oxygen atoms in total. The number of sulfonamides is 1. The molecule has 0 aliphatic carbocycles. The third kappa shape index (κ3) is 4.14. The van der Waals surface area contributed by atoms with Gasteiger partial charge in [-0.15, -0.1) is 0 Å². The maximum Gasteiger partial charge on any atom is 0.243 e. The molecule has 0 amide bonds. The van der Waals surface area contributed by atoms with Gasteiger partial charge in [0.05, 0.1) is 15.0 Å². The summed E-state index contributed by atoms with van der Waals surface area (Å²) >= 11 is 0. The molecule has 0 saturated carbocycles. The van der Waals surface area contributed by atoms with E-state index in [4.69, 9.17) is 0 Å². The molecule has 1 saturated heterocycles. The summed E-state index contributed by atoms with van der Waals surface area (Å²) < 4.78 is 65.6. The number of piperidine rings is 1. The van der Waals surface area contributed by atoms with Crippen LogP contribution >= 0.6 is 0 Å².